The molecule has 152 valence electrons. The number of rotatable bonds is 8. The summed E-state index contributed by atoms with van der Waals surface area (Å²) < 4.78 is 28.0. The first-order valence-corrected chi connectivity index (χ1v) is 10.4. The van der Waals surface area contributed by atoms with Crippen LogP contribution in [0.1, 0.15) is 48.1 Å². The maximum atomic E-state index is 12.8. The van der Waals surface area contributed by atoms with Crippen LogP contribution in [0.25, 0.3) is 0 Å². The van der Waals surface area contributed by atoms with Crippen LogP contribution in [0.15, 0.2) is 4.90 Å². The fourth-order valence-corrected chi connectivity index (χ4v) is 4.53. The molecule has 27 heavy (non-hydrogen) atoms. The Bertz CT molecular complexity index is 817. The molecule has 2 unspecified atom stereocenters. The summed E-state index contributed by atoms with van der Waals surface area (Å²) in [5.74, 6) is -2.13. The van der Waals surface area contributed by atoms with Crippen LogP contribution < -0.4 is 10.0 Å². The van der Waals surface area contributed by atoms with Crippen molar-refractivity contribution in [3.63, 3.8) is 0 Å². The summed E-state index contributed by atoms with van der Waals surface area (Å²) in [6.07, 6.45) is -0.0716. The highest BCUT2D eigenvalue weighted by Crippen LogP contribution is 2.29. The minimum Gasteiger partial charge on any atom is -0.481 e. The van der Waals surface area contributed by atoms with E-state index in [2.05, 4.69) is 10.0 Å². The minimum atomic E-state index is -3.76. The van der Waals surface area contributed by atoms with Gasteiger partial charge in [0.1, 0.15) is 0 Å². The number of hydrogen-bond acceptors (Lipinski definition) is 4. The average molecular weight is 399 g/mol. The zero-order chi connectivity index (χ0) is 21.1. The number of hydrogen-bond donors (Lipinski definition) is 3. The second kappa shape index (κ2) is 8.84. The van der Waals surface area contributed by atoms with Crippen molar-refractivity contribution in [3.8, 4) is 0 Å². The maximum absolute atomic E-state index is 12.8. The van der Waals surface area contributed by atoms with Gasteiger partial charge in [-0.1, -0.05) is 0 Å². The number of sulfonamides is 1. The molecule has 0 aliphatic rings. The predicted octanol–water partition coefficient (Wildman–Crippen LogP) is 2.12. The molecule has 1 amide bonds. The predicted molar refractivity (Wildman–Crippen MR) is 104 cm³/mol. The van der Waals surface area contributed by atoms with Crippen molar-refractivity contribution in [2.24, 2.45) is 5.92 Å². The van der Waals surface area contributed by atoms with E-state index in [1.54, 1.807) is 20.8 Å². The third-order valence-corrected chi connectivity index (χ3v) is 7.11. The van der Waals surface area contributed by atoms with Gasteiger partial charge in [0.25, 0.3) is 0 Å². The Morgan fingerprint density at radius 3 is 1.81 bits per heavy atom. The molecule has 0 bridgehead atoms. The molecule has 0 aromatic heterocycles. The molecule has 0 heterocycles. The number of carbonyl (C=O) groups is 2. The van der Waals surface area contributed by atoms with Crippen LogP contribution in [0.5, 0.6) is 0 Å². The molecular formula is C19H30N2O5S. The minimum absolute atomic E-state index is 0.0623. The Balaban J connectivity index is 2.84. The number of carboxylic acid groups (broad SMARTS) is 1. The van der Waals surface area contributed by atoms with Gasteiger partial charge in [-0.25, -0.2) is 13.1 Å². The molecular weight excluding hydrogens is 368 g/mol. The number of carboxylic acids is 1. The van der Waals surface area contributed by atoms with E-state index in [9.17, 15) is 18.0 Å². The zero-order valence-electron chi connectivity index (χ0n) is 17.1. The number of carbonyl (C=O) groups excluding carboxylic acids is 1. The van der Waals surface area contributed by atoms with E-state index in [4.69, 9.17) is 5.11 Å². The summed E-state index contributed by atoms with van der Waals surface area (Å²) in [5.41, 5.74) is 4.36. The fourth-order valence-electron chi connectivity index (χ4n) is 2.90. The van der Waals surface area contributed by atoms with E-state index in [-0.39, 0.29) is 17.9 Å². The number of aliphatic carboxylic acids is 1. The van der Waals surface area contributed by atoms with Crippen molar-refractivity contribution in [1.29, 1.82) is 0 Å². The van der Waals surface area contributed by atoms with Crippen LogP contribution in [0.3, 0.4) is 0 Å². The lowest BCUT2D eigenvalue weighted by molar-refractivity contribution is -0.142. The van der Waals surface area contributed by atoms with Gasteiger partial charge in [0.2, 0.25) is 15.9 Å². The van der Waals surface area contributed by atoms with Gasteiger partial charge < -0.3 is 10.4 Å². The van der Waals surface area contributed by atoms with E-state index >= 15 is 0 Å². The molecule has 0 spiro atoms. The Labute approximate surface area is 161 Å². The second-order valence-electron chi connectivity index (χ2n) is 7.09. The highest BCUT2D eigenvalue weighted by molar-refractivity contribution is 7.89. The Hall–Kier alpha value is -1.93. The quantitative estimate of drug-likeness (QED) is 0.621. The van der Waals surface area contributed by atoms with Gasteiger partial charge in [-0.15, -0.1) is 0 Å². The second-order valence-corrected chi connectivity index (χ2v) is 8.79. The normalized spacial score (nSPS) is 13.9. The summed E-state index contributed by atoms with van der Waals surface area (Å²) in [6, 6.07) is -0.543. The summed E-state index contributed by atoms with van der Waals surface area (Å²) in [4.78, 5) is 23.1. The topological polar surface area (TPSA) is 113 Å². The van der Waals surface area contributed by atoms with Crippen molar-refractivity contribution < 1.29 is 23.1 Å². The fraction of sp³-hybridized carbons (Fsp3) is 0.579. The molecule has 3 N–H and O–H groups in total. The van der Waals surface area contributed by atoms with Gasteiger partial charge in [0.05, 0.1) is 10.8 Å². The van der Waals surface area contributed by atoms with E-state index < -0.39 is 33.9 Å². The van der Waals surface area contributed by atoms with Crippen molar-refractivity contribution in [1.82, 2.24) is 10.0 Å². The number of nitrogens with one attached hydrogen (secondary N) is 2. The third-order valence-electron chi connectivity index (χ3n) is 5.37. The molecule has 7 nitrogen and oxygen atoms in total. The van der Waals surface area contributed by atoms with Crippen LogP contribution in [0, 0.1) is 40.5 Å². The van der Waals surface area contributed by atoms with Crippen molar-refractivity contribution in [2.75, 3.05) is 6.54 Å². The lowest BCUT2D eigenvalue weighted by atomic mass is 9.95. The van der Waals surface area contributed by atoms with Gasteiger partial charge >= 0.3 is 5.97 Å². The Kier molecular flexibility index (Phi) is 7.57. The summed E-state index contributed by atoms with van der Waals surface area (Å²) in [6.45, 7) is 12.4. The smallest absolute Gasteiger partial charge is 0.308 e. The largest absolute Gasteiger partial charge is 0.481 e. The first kappa shape index (κ1) is 23.1. The molecule has 0 fully saturated rings. The molecule has 0 aliphatic heterocycles. The molecule has 1 rings (SSSR count). The van der Waals surface area contributed by atoms with E-state index in [0.717, 1.165) is 16.7 Å². The Morgan fingerprint density at radius 2 is 1.37 bits per heavy atom. The van der Waals surface area contributed by atoms with E-state index in [0.29, 0.717) is 11.1 Å². The molecule has 8 heteroatoms. The highest BCUT2D eigenvalue weighted by Gasteiger charge is 2.24. The van der Waals surface area contributed by atoms with Crippen LogP contribution in [-0.4, -0.2) is 38.0 Å². The van der Waals surface area contributed by atoms with Crippen molar-refractivity contribution >= 4 is 21.9 Å². The third kappa shape index (κ3) is 5.29. The SMILES string of the molecule is Cc1c(C)c(C)c(S(=O)(=O)NCCC(=O)NC(C)C(C)C(=O)O)c(C)c1C. The van der Waals surface area contributed by atoms with Gasteiger partial charge in [-0.05, 0) is 76.3 Å². The summed E-state index contributed by atoms with van der Waals surface area (Å²) in [5, 5.41) is 11.5. The molecule has 0 radical (unpaired) electrons. The lowest BCUT2D eigenvalue weighted by Gasteiger charge is -2.19. The van der Waals surface area contributed by atoms with Gasteiger partial charge in [-0.2, -0.15) is 0 Å². The monoisotopic (exact) mass is 398 g/mol. The first-order chi connectivity index (χ1) is 12.3. The van der Waals surface area contributed by atoms with Crippen LogP contribution in [-0.2, 0) is 19.6 Å². The summed E-state index contributed by atoms with van der Waals surface area (Å²) in [7, 11) is -3.76. The average Bonchev–Trinajstić information content (AvgIpc) is 2.56. The van der Waals surface area contributed by atoms with Crippen LogP contribution in [0.2, 0.25) is 0 Å². The maximum Gasteiger partial charge on any atom is 0.308 e. The van der Waals surface area contributed by atoms with Crippen molar-refractivity contribution in [3.05, 3.63) is 27.8 Å². The van der Waals surface area contributed by atoms with Crippen LogP contribution >= 0.6 is 0 Å². The molecule has 1 aromatic carbocycles. The molecule has 1 aromatic rings. The van der Waals surface area contributed by atoms with Gasteiger partial charge in [0, 0.05) is 19.0 Å². The molecule has 2 atom stereocenters. The standard InChI is InChI=1S/C19H30N2O5S/c1-10-11(2)13(4)18(14(5)12(10)3)27(25,26)20-9-8-17(22)21-16(7)15(6)19(23)24/h15-16,20H,8-9H2,1-7H3,(H,21,22)(H,23,24). The van der Waals surface area contributed by atoms with Crippen molar-refractivity contribution in [2.45, 2.75) is 65.8 Å². The number of amides is 1. The Morgan fingerprint density at radius 1 is 0.926 bits per heavy atom. The highest BCUT2D eigenvalue weighted by atomic mass is 32.2. The van der Waals surface area contributed by atoms with E-state index in [1.165, 1.54) is 6.92 Å². The lowest BCUT2D eigenvalue weighted by Crippen LogP contribution is -2.41. The zero-order valence-corrected chi connectivity index (χ0v) is 17.9. The molecule has 0 aliphatic carbocycles. The first-order valence-electron chi connectivity index (χ1n) is 8.90. The molecule has 0 saturated carbocycles. The van der Waals surface area contributed by atoms with Gasteiger partial charge in [-0.3, -0.25) is 9.59 Å². The molecule has 0 saturated heterocycles. The number of benzene rings is 1. The summed E-state index contributed by atoms with van der Waals surface area (Å²) >= 11 is 0. The van der Waals surface area contributed by atoms with Gasteiger partial charge in [0.15, 0.2) is 0 Å². The van der Waals surface area contributed by atoms with E-state index in [1.807, 2.05) is 20.8 Å². The van der Waals surface area contributed by atoms with Crippen LogP contribution in [0.4, 0.5) is 0 Å².